The summed E-state index contributed by atoms with van der Waals surface area (Å²) in [6.45, 7) is 15.0. The summed E-state index contributed by atoms with van der Waals surface area (Å²) in [6.07, 6.45) is 1.45. The second-order valence-electron chi connectivity index (χ2n) is 15.3. The number of carbonyl (C=O) groups is 2. The van der Waals surface area contributed by atoms with Crippen molar-refractivity contribution in [2.24, 2.45) is 4.99 Å². The molecule has 5 aromatic rings. The first kappa shape index (κ1) is 41.7. The SMILES string of the molecule is CCC(Oc1ccc(C(C)(C)CC)cc1C(C)(C)CC)C(=O)Nc1ccc(Cl)c(N=C2NN(c3c(Cl)cc(OC)cc3Cl)C(=O)C2n2[nH]c3ccccc3c2=O)c1. The van der Waals surface area contributed by atoms with Gasteiger partial charge in [0.15, 0.2) is 18.0 Å². The van der Waals surface area contributed by atoms with Crippen LogP contribution in [0, 0.1) is 0 Å². The van der Waals surface area contributed by atoms with E-state index in [1.54, 1.807) is 42.5 Å². The molecule has 0 spiro atoms. The number of benzene rings is 4. The Labute approximate surface area is 347 Å². The predicted molar refractivity (Wildman–Crippen MR) is 230 cm³/mol. The number of aromatic amines is 1. The molecule has 6 rings (SSSR count). The number of aliphatic imine (C=N–C) groups is 1. The molecule has 4 aromatic carbocycles. The van der Waals surface area contributed by atoms with Crippen molar-refractivity contribution < 1.29 is 19.1 Å². The number of carbonyl (C=O) groups excluding carboxylic acids is 2. The van der Waals surface area contributed by atoms with Gasteiger partial charge in [-0.2, -0.15) is 0 Å². The van der Waals surface area contributed by atoms with E-state index in [0.29, 0.717) is 34.5 Å². The highest BCUT2D eigenvalue weighted by Crippen LogP contribution is 2.41. The molecule has 2 amide bonds. The molecule has 0 saturated carbocycles. The minimum Gasteiger partial charge on any atom is -0.497 e. The molecule has 3 N–H and O–H groups in total. The molecule has 0 radical (unpaired) electrons. The Kier molecular flexibility index (Phi) is 12.0. The zero-order valence-corrected chi connectivity index (χ0v) is 35.5. The van der Waals surface area contributed by atoms with Gasteiger partial charge in [0.05, 0.1) is 38.8 Å². The van der Waals surface area contributed by atoms with E-state index >= 15 is 0 Å². The molecule has 2 atom stereocenters. The molecule has 2 heterocycles. The van der Waals surface area contributed by atoms with E-state index in [1.165, 1.54) is 29.5 Å². The van der Waals surface area contributed by atoms with E-state index in [1.807, 2.05) is 13.0 Å². The van der Waals surface area contributed by atoms with Crippen LogP contribution in [0.1, 0.15) is 84.9 Å². The third-order valence-electron chi connectivity index (χ3n) is 10.9. The van der Waals surface area contributed by atoms with E-state index < -0.39 is 23.6 Å². The number of fused-ring (bicyclic) bond motifs is 1. The van der Waals surface area contributed by atoms with E-state index in [4.69, 9.17) is 49.3 Å². The molecule has 0 aliphatic carbocycles. The van der Waals surface area contributed by atoms with Crippen LogP contribution in [0.25, 0.3) is 10.9 Å². The summed E-state index contributed by atoms with van der Waals surface area (Å²) >= 11 is 19.9. The number of para-hydroxylation sites is 1. The second-order valence-corrected chi connectivity index (χ2v) is 16.5. The highest BCUT2D eigenvalue weighted by molar-refractivity contribution is 6.41. The van der Waals surface area contributed by atoms with Gasteiger partial charge < -0.3 is 14.8 Å². The Morgan fingerprint density at radius 1 is 0.895 bits per heavy atom. The van der Waals surface area contributed by atoms with Crippen molar-refractivity contribution in [2.75, 3.05) is 17.4 Å². The molecule has 57 heavy (non-hydrogen) atoms. The smallest absolute Gasteiger partial charge is 0.278 e. The van der Waals surface area contributed by atoms with Gasteiger partial charge in [0, 0.05) is 23.4 Å². The second kappa shape index (κ2) is 16.5. The van der Waals surface area contributed by atoms with Crippen molar-refractivity contribution in [1.29, 1.82) is 0 Å². The van der Waals surface area contributed by atoms with Gasteiger partial charge in [-0.1, -0.05) is 108 Å². The number of anilines is 2. The summed E-state index contributed by atoms with van der Waals surface area (Å²) in [6, 6.07) is 19.7. The third kappa shape index (κ3) is 8.24. The number of aromatic nitrogens is 2. The molecule has 0 bridgehead atoms. The highest BCUT2D eigenvalue weighted by Gasteiger charge is 2.43. The summed E-state index contributed by atoms with van der Waals surface area (Å²) in [7, 11) is 1.47. The van der Waals surface area contributed by atoms with Crippen molar-refractivity contribution >= 4 is 80.4 Å². The maximum Gasteiger partial charge on any atom is 0.278 e. The number of halogens is 3. The van der Waals surface area contributed by atoms with Crippen LogP contribution in [0.4, 0.5) is 17.1 Å². The van der Waals surface area contributed by atoms with Gasteiger partial charge in [-0.3, -0.25) is 24.9 Å². The number of hydrazine groups is 1. The number of nitrogens with zero attached hydrogens (tertiary/aromatic N) is 3. The van der Waals surface area contributed by atoms with Crippen molar-refractivity contribution in [1.82, 2.24) is 15.2 Å². The fraction of sp³-hybridized carbons (Fsp3) is 0.349. The van der Waals surface area contributed by atoms with Crippen molar-refractivity contribution in [3.8, 4) is 11.5 Å². The summed E-state index contributed by atoms with van der Waals surface area (Å²) in [5.74, 6) is 0.135. The number of amidine groups is 1. The Hall–Kier alpha value is -4.97. The Bertz CT molecular complexity index is 2410. The van der Waals surface area contributed by atoms with Crippen molar-refractivity contribution in [3.05, 3.63) is 109 Å². The summed E-state index contributed by atoms with van der Waals surface area (Å²) < 4.78 is 13.0. The average Bonchev–Trinajstić information content (AvgIpc) is 3.68. The van der Waals surface area contributed by atoms with E-state index in [2.05, 4.69) is 69.5 Å². The zero-order valence-electron chi connectivity index (χ0n) is 33.2. The van der Waals surface area contributed by atoms with Gasteiger partial charge >= 0.3 is 0 Å². The van der Waals surface area contributed by atoms with Crippen LogP contribution in [0.5, 0.6) is 11.5 Å². The maximum absolute atomic E-state index is 14.3. The van der Waals surface area contributed by atoms with Gasteiger partial charge in [0.2, 0.25) is 0 Å². The molecule has 1 saturated heterocycles. The number of amides is 2. The van der Waals surface area contributed by atoms with Crippen LogP contribution < -0.4 is 30.8 Å². The minimum absolute atomic E-state index is 0.0187. The van der Waals surface area contributed by atoms with Crippen LogP contribution in [0.3, 0.4) is 0 Å². The standard InChI is InChI=1S/C43H47Cl3N6O5/c1-9-34(57-35-19-16-24(42(4,5)10-2)20-28(35)43(6,7)11-3)39(53)47-25-17-18-29(44)33(21-25)48-38-37(52-40(54)27-14-12-13-15-32(27)49-52)41(55)51(50-38)36-30(45)22-26(56-8)23-31(36)46/h12-23,34,37,49H,9-11H2,1-8H3,(H,47,53)(H,48,50). The topological polar surface area (TPSA) is 130 Å². The fourth-order valence-electron chi connectivity index (χ4n) is 6.57. The monoisotopic (exact) mass is 832 g/mol. The minimum atomic E-state index is -1.30. The fourth-order valence-corrected chi connectivity index (χ4v) is 7.37. The number of hydrogen-bond acceptors (Lipinski definition) is 6. The Balaban J connectivity index is 1.34. The number of ether oxygens (including phenoxy) is 2. The van der Waals surface area contributed by atoms with E-state index in [0.717, 1.165) is 23.4 Å². The Morgan fingerprint density at radius 2 is 1.58 bits per heavy atom. The summed E-state index contributed by atoms with van der Waals surface area (Å²) in [5.41, 5.74) is 5.87. The highest BCUT2D eigenvalue weighted by atomic mass is 35.5. The molecule has 1 aromatic heterocycles. The molecular weight excluding hydrogens is 787 g/mol. The lowest BCUT2D eigenvalue weighted by molar-refractivity contribution is -0.123. The van der Waals surface area contributed by atoms with Crippen LogP contribution >= 0.6 is 34.8 Å². The number of rotatable bonds is 13. The normalized spacial score (nSPS) is 15.9. The first-order valence-corrected chi connectivity index (χ1v) is 20.0. The average molecular weight is 834 g/mol. The van der Waals surface area contributed by atoms with Gasteiger partial charge in [0.1, 0.15) is 17.2 Å². The zero-order chi connectivity index (χ0) is 41.4. The van der Waals surface area contributed by atoms with E-state index in [-0.39, 0.29) is 49.0 Å². The Morgan fingerprint density at radius 3 is 2.21 bits per heavy atom. The maximum atomic E-state index is 14.3. The summed E-state index contributed by atoms with van der Waals surface area (Å²) in [4.78, 5) is 46.6. The first-order chi connectivity index (χ1) is 27.0. The molecule has 14 heteroatoms. The molecule has 1 fully saturated rings. The van der Waals surface area contributed by atoms with Crippen LogP contribution in [0.15, 0.2) is 82.6 Å². The first-order valence-electron chi connectivity index (χ1n) is 18.9. The summed E-state index contributed by atoms with van der Waals surface area (Å²) in [5, 5.41) is 7.98. The quantitative estimate of drug-likeness (QED) is 0.108. The number of H-pyrrole nitrogens is 1. The van der Waals surface area contributed by atoms with Gasteiger partial charge in [-0.15, -0.1) is 0 Å². The number of hydrogen-bond donors (Lipinski definition) is 3. The molecule has 2 unspecified atom stereocenters. The van der Waals surface area contributed by atoms with Crippen molar-refractivity contribution in [3.63, 3.8) is 0 Å². The van der Waals surface area contributed by atoms with Gasteiger partial charge in [0.25, 0.3) is 17.4 Å². The largest absolute Gasteiger partial charge is 0.497 e. The van der Waals surface area contributed by atoms with Crippen LogP contribution in [0.2, 0.25) is 15.1 Å². The molecular formula is C43H47Cl3N6O5. The molecule has 1 aliphatic heterocycles. The molecule has 300 valence electrons. The van der Waals surface area contributed by atoms with Crippen LogP contribution in [-0.2, 0) is 20.4 Å². The molecule has 11 nitrogen and oxygen atoms in total. The van der Waals surface area contributed by atoms with Gasteiger partial charge in [-0.05, 0) is 72.1 Å². The lowest BCUT2D eigenvalue weighted by atomic mass is 9.76. The van der Waals surface area contributed by atoms with Crippen LogP contribution in [-0.4, -0.2) is 40.6 Å². The number of methoxy groups -OCH3 is 1. The van der Waals surface area contributed by atoms with Gasteiger partial charge in [-0.25, -0.2) is 14.7 Å². The van der Waals surface area contributed by atoms with Crippen molar-refractivity contribution in [2.45, 2.75) is 90.7 Å². The van der Waals surface area contributed by atoms with E-state index in [9.17, 15) is 14.4 Å². The molecule has 1 aliphatic rings. The number of nitrogens with one attached hydrogen (secondary N) is 3. The predicted octanol–water partition coefficient (Wildman–Crippen LogP) is 10.3. The third-order valence-corrected chi connectivity index (χ3v) is 11.8. The lowest BCUT2D eigenvalue weighted by Crippen LogP contribution is -2.36. The lowest BCUT2D eigenvalue weighted by Gasteiger charge is -2.31.